The summed E-state index contributed by atoms with van der Waals surface area (Å²) < 4.78 is 51.4. The van der Waals surface area contributed by atoms with E-state index in [9.17, 15) is 22.8 Å². The first kappa shape index (κ1) is 21.6. The fourth-order valence-corrected chi connectivity index (χ4v) is 3.05. The van der Waals surface area contributed by atoms with E-state index in [0.29, 0.717) is 24.4 Å². The molecule has 1 aliphatic heterocycles. The third kappa shape index (κ3) is 5.09. The van der Waals surface area contributed by atoms with E-state index < -0.39 is 29.4 Å². The van der Waals surface area contributed by atoms with Gasteiger partial charge >= 0.3 is 18.2 Å². The third-order valence-electron chi connectivity index (χ3n) is 4.46. The molecule has 30 heavy (non-hydrogen) atoms. The van der Waals surface area contributed by atoms with Crippen molar-refractivity contribution in [3.8, 4) is 5.69 Å². The monoisotopic (exact) mass is 426 g/mol. The molecule has 1 aromatic carbocycles. The molecule has 0 spiro atoms. The number of nitrogens with one attached hydrogen (secondary N) is 2. The van der Waals surface area contributed by atoms with Crippen LogP contribution in [0.1, 0.15) is 29.4 Å². The lowest BCUT2D eigenvalue weighted by molar-refractivity contribution is -0.143. The van der Waals surface area contributed by atoms with Crippen molar-refractivity contribution in [3.05, 3.63) is 41.7 Å². The predicted octanol–water partition coefficient (Wildman–Crippen LogP) is 3.23. The number of hydrogen-bond acceptors (Lipinski definition) is 5. The summed E-state index contributed by atoms with van der Waals surface area (Å²) in [5.41, 5.74) is -1.63. The minimum atomic E-state index is -4.84. The van der Waals surface area contributed by atoms with Crippen molar-refractivity contribution in [2.45, 2.75) is 19.5 Å². The first-order valence-corrected chi connectivity index (χ1v) is 9.35. The number of alkyl halides is 3. The van der Waals surface area contributed by atoms with Crippen molar-refractivity contribution in [1.82, 2.24) is 15.1 Å². The molecule has 2 amide bonds. The van der Waals surface area contributed by atoms with Crippen molar-refractivity contribution in [2.24, 2.45) is 5.92 Å². The molecule has 11 heteroatoms. The van der Waals surface area contributed by atoms with Crippen LogP contribution in [-0.2, 0) is 15.7 Å². The number of esters is 1. The van der Waals surface area contributed by atoms with Gasteiger partial charge in [-0.25, -0.2) is 14.3 Å². The quantitative estimate of drug-likeness (QED) is 0.692. The van der Waals surface area contributed by atoms with Crippen LogP contribution in [0.3, 0.4) is 0 Å². The number of hydrogen-bond donors (Lipinski definition) is 2. The van der Waals surface area contributed by atoms with Crippen LogP contribution in [0.5, 0.6) is 0 Å². The van der Waals surface area contributed by atoms with E-state index in [2.05, 4.69) is 15.7 Å². The van der Waals surface area contributed by atoms with E-state index in [1.807, 2.05) is 0 Å². The van der Waals surface area contributed by atoms with Gasteiger partial charge in [0.05, 0.1) is 25.1 Å². The fraction of sp³-hybridized carbons (Fsp3) is 0.421. The molecular formula is C19H21F3N4O4. The molecule has 162 valence electrons. The number of benzene rings is 1. The highest BCUT2D eigenvalue weighted by molar-refractivity contribution is 5.91. The molecule has 0 aliphatic carbocycles. The molecule has 8 nitrogen and oxygen atoms in total. The summed E-state index contributed by atoms with van der Waals surface area (Å²) in [5, 5.41) is 9.01. The Hall–Kier alpha value is -3.08. The highest BCUT2D eigenvalue weighted by Gasteiger charge is 2.41. The van der Waals surface area contributed by atoms with Gasteiger partial charge in [-0.1, -0.05) is 6.07 Å². The fourth-order valence-electron chi connectivity index (χ4n) is 3.05. The van der Waals surface area contributed by atoms with Gasteiger partial charge in [0.2, 0.25) is 0 Å². The number of carbonyl (C=O) groups is 2. The number of halogens is 3. The predicted molar refractivity (Wildman–Crippen MR) is 100 cm³/mol. The van der Waals surface area contributed by atoms with Crippen LogP contribution in [0.2, 0.25) is 0 Å². The summed E-state index contributed by atoms with van der Waals surface area (Å²) in [4.78, 5) is 24.0. The Bertz CT molecular complexity index is 907. The molecule has 1 saturated heterocycles. The molecule has 1 aliphatic rings. The van der Waals surface area contributed by atoms with E-state index in [4.69, 9.17) is 9.47 Å². The topological polar surface area (TPSA) is 94.5 Å². The van der Waals surface area contributed by atoms with Gasteiger partial charge in [-0.15, -0.1) is 0 Å². The van der Waals surface area contributed by atoms with Crippen LogP contribution in [0, 0.1) is 5.92 Å². The Kier molecular flexibility index (Phi) is 6.60. The summed E-state index contributed by atoms with van der Waals surface area (Å²) in [6.07, 6.45) is -3.17. The Morgan fingerprint density at radius 1 is 1.37 bits per heavy atom. The van der Waals surface area contributed by atoms with Gasteiger partial charge in [0, 0.05) is 24.8 Å². The summed E-state index contributed by atoms with van der Waals surface area (Å²) in [7, 11) is 0. The molecule has 2 N–H and O–H groups in total. The zero-order valence-corrected chi connectivity index (χ0v) is 16.2. The van der Waals surface area contributed by atoms with E-state index in [0.717, 1.165) is 12.6 Å². The number of ether oxygens (including phenoxy) is 2. The number of amides is 2. The maximum Gasteiger partial charge on any atom is 0.434 e. The van der Waals surface area contributed by atoms with Crippen molar-refractivity contribution in [1.29, 1.82) is 0 Å². The zero-order valence-electron chi connectivity index (χ0n) is 16.2. The minimum absolute atomic E-state index is 0.0277. The van der Waals surface area contributed by atoms with Crippen LogP contribution < -0.4 is 10.6 Å². The number of urea groups is 1. The maximum absolute atomic E-state index is 13.6. The average Bonchev–Trinajstić information content (AvgIpc) is 3.36. The van der Waals surface area contributed by atoms with Gasteiger partial charge in [0.1, 0.15) is 5.56 Å². The van der Waals surface area contributed by atoms with Crippen LogP contribution in [0.25, 0.3) is 5.69 Å². The summed E-state index contributed by atoms with van der Waals surface area (Å²) in [6.45, 7) is 3.11. The third-order valence-corrected chi connectivity index (χ3v) is 4.46. The summed E-state index contributed by atoms with van der Waals surface area (Å²) in [5.74, 6) is -0.873. The molecule has 0 saturated carbocycles. The van der Waals surface area contributed by atoms with Crippen LogP contribution in [-0.4, -0.2) is 48.1 Å². The van der Waals surface area contributed by atoms with Crippen molar-refractivity contribution >= 4 is 17.7 Å². The smallest absolute Gasteiger partial charge is 0.434 e. The first-order valence-electron chi connectivity index (χ1n) is 9.35. The molecule has 0 bridgehead atoms. The SMILES string of the molecule is CCOC(=O)c1cnn(-c2cccc(NC(=O)NC[C@@H]3CCOC3)c2)c1C(F)(F)F. The lowest BCUT2D eigenvalue weighted by atomic mass is 10.1. The Labute approximate surface area is 170 Å². The van der Waals surface area contributed by atoms with Gasteiger partial charge in [-0.2, -0.15) is 18.3 Å². The van der Waals surface area contributed by atoms with E-state index >= 15 is 0 Å². The van der Waals surface area contributed by atoms with E-state index in [1.54, 1.807) is 0 Å². The molecule has 2 aromatic rings. The van der Waals surface area contributed by atoms with Gasteiger partial charge in [-0.05, 0) is 31.5 Å². The Morgan fingerprint density at radius 2 is 2.17 bits per heavy atom. The number of aromatic nitrogens is 2. The van der Waals surface area contributed by atoms with Crippen LogP contribution in [0.4, 0.5) is 23.7 Å². The second-order valence-electron chi connectivity index (χ2n) is 6.65. The van der Waals surface area contributed by atoms with Gasteiger partial charge in [0.25, 0.3) is 0 Å². The molecular weight excluding hydrogens is 405 g/mol. The molecule has 1 atom stereocenters. The van der Waals surface area contributed by atoms with Gasteiger partial charge in [-0.3, -0.25) is 0 Å². The highest BCUT2D eigenvalue weighted by atomic mass is 19.4. The van der Waals surface area contributed by atoms with E-state index in [1.165, 1.54) is 31.2 Å². The standard InChI is InChI=1S/C19H21F3N4O4/c1-2-30-17(27)15-10-24-26(16(15)19(20,21)22)14-5-3-4-13(8-14)25-18(28)23-9-12-6-7-29-11-12/h3-5,8,10,12H,2,6-7,9,11H2,1H3,(H2,23,25,28)/t12-/m0/s1. The Morgan fingerprint density at radius 3 is 2.83 bits per heavy atom. The summed E-state index contributed by atoms with van der Waals surface area (Å²) in [6, 6.07) is 5.24. The van der Waals surface area contributed by atoms with Crippen molar-refractivity contribution in [3.63, 3.8) is 0 Å². The maximum atomic E-state index is 13.6. The number of rotatable bonds is 6. The molecule has 1 fully saturated rings. The molecule has 2 heterocycles. The van der Waals surface area contributed by atoms with Crippen molar-refractivity contribution in [2.75, 3.05) is 31.7 Å². The molecule has 3 rings (SSSR count). The Balaban J connectivity index is 1.79. The molecule has 0 unspecified atom stereocenters. The largest absolute Gasteiger partial charge is 0.462 e. The van der Waals surface area contributed by atoms with Crippen LogP contribution >= 0.6 is 0 Å². The highest BCUT2D eigenvalue weighted by Crippen LogP contribution is 2.34. The lowest BCUT2D eigenvalue weighted by Crippen LogP contribution is -2.33. The number of anilines is 1. The summed E-state index contributed by atoms with van der Waals surface area (Å²) >= 11 is 0. The van der Waals surface area contributed by atoms with Gasteiger partial charge < -0.3 is 20.1 Å². The minimum Gasteiger partial charge on any atom is -0.462 e. The average molecular weight is 426 g/mol. The first-order chi connectivity index (χ1) is 14.3. The van der Waals surface area contributed by atoms with Gasteiger partial charge in [0.15, 0.2) is 5.69 Å². The zero-order chi connectivity index (χ0) is 21.7. The van der Waals surface area contributed by atoms with Crippen molar-refractivity contribution < 1.29 is 32.2 Å². The number of carbonyl (C=O) groups excluding carboxylic acids is 2. The molecule has 0 radical (unpaired) electrons. The number of nitrogens with zero attached hydrogens (tertiary/aromatic N) is 2. The second kappa shape index (κ2) is 9.16. The van der Waals surface area contributed by atoms with E-state index in [-0.39, 0.29) is 23.9 Å². The van der Waals surface area contributed by atoms with Crippen LogP contribution in [0.15, 0.2) is 30.5 Å². The second-order valence-corrected chi connectivity index (χ2v) is 6.65. The lowest BCUT2D eigenvalue weighted by Gasteiger charge is -2.14. The normalized spacial score (nSPS) is 16.3. The molecule has 1 aromatic heterocycles.